The second-order valence-electron chi connectivity index (χ2n) is 4.77. The Labute approximate surface area is 129 Å². The van der Waals surface area contributed by atoms with E-state index in [1.165, 1.54) is 0 Å². The van der Waals surface area contributed by atoms with Crippen LogP contribution in [0.4, 0.5) is 5.82 Å². The first-order chi connectivity index (χ1) is 9.40. The van der Waals surface area contributed by atoms with Crippen molar-refractivity contribution in [2.24, 2.45) is 0 Å². The maximum atomic E-state index is 12.4. The number of unbranched alkanes of at least 4 members (excludes halogenated alkanes) is 2. The van der Waals surface area contributed by atoms with Gasteiger partial charge in [-0.2, -0.15) is 0 Å². The van der Waals surface area contributed by atoms with Crippen LogP contribution in [0.2, 0.25) is 0 Å². The van der Waals surface area contributed by atoms with Gasteiger partial charge in [-0.3, -0.25) is 0 Å². The van der Waals surface area contributed by atoms with Crippen molar-refractivity contribution in [3.8, 4) is 0 Å². The summed E-state index contributed by atoms with van der Waals surface area (Å²) in [7, 11) is -1.91. The summed E-state index contributed by atoms with van der Waals surface area (Å²) >= 11 is 3.25. The van der Waals surface area contributed by atoms with Gasteiger partial charge in [0.25, 0.3) is 0 Å². The summed E-state index contributed by atoms with van der Waals surface area (Å²) in [6.45, 7) is 4.01. The maximum absolute atomic E-state index is 12.4. The molecular formula is C13H22BrN3O2S. The lowest BCUT2D eigenvalue weighted by Crippen LogP contribution is -2.33. The van der Waals surface area contributed by atoms with Gasteiger partial charge in [-0.05, 0) is 35.3 Å². The van der Waals surface area contributed by atoms with Crippen LogP contribution in [0.25, 0.3) is 0 Å². The Balaban J connectivity index is 2.85. The highest BCUT2D eigenvalue weighted by Crippen LogP contribution is 2.23. The van der Waals surface area contributed by atoms with E-state index in [9.17, 15) is 8.42 Å². The van der Waals surface area contributed by atoms with Crippen molar-refractivity contribution in [2.75, 3.05) is 12.4 Å². The zero-order valence-electron chi connectivity index (χ0n) is 12.1. The number of rotatable bonds is 8. The Kier molecular flexibility index (Phi) is 6.91. The first-order valence-electron chi connectivity index (χ1n) is 6.76. The van der Waals surface area contributed by atoms with Gasteiger partial charge >= 0.3 is 0 Å². The minimum absolute atomic E-state index is 0.0877. The van der Waals surface area contributed by atoms with Gasteiger partial charge in [0.1, 0.15) is 10.7 Å². The van der Waals surface area contributed by atoms with Gasteiger partial charge in [0, 0.05) is 23.8 Å². The topological polar surface area (TPSA) is 71.1 Å². The van der Waals surface area contributed by atoms with Crippen molar-refractivity contribution in [1.29, 1.82) is 0 Å². The Hall–Kier alpha value is -0.660. The molecule has 7 heteroatoms. The molecule has 0 fully saturated rings. The minimum atomic E-state index is -3.57. The molecule has 0 spiro atoms. The lowest BCUT2D eigenvalue weighted by atomic mass is 10.1. The number of hydrogen-bond donors (Lipinski definition) is 2. The largest absolute Gasteiger partial charge is 0.372 e. The highest BCUT2D eigenvalue weighted by molar-refractivity contribution is 9.10. The van der Waals surface area contributed by atoms with E-state index in [0.717, 1.165) is 25.7 Å². The lowest BCUT2D eigenvalue weighted by Gasteiger charge is -2.15. The number of pyridine rings is 1. The Morgan fingerprint density at radius 2 is 2.10 bits per heavy atom. The maximum Gasteiger partial charge on any atom is 0.244 e. The first-order valence-corrected chi connectivity index (χ1v) is 9.04. The van der Waals surface area contributed by atoms with Gasteiger partial charge in [-0.15, -0.1) is 0 Å². The van der Waals surface area contributed by atoms with Crippen molar-refractivity contribution >= 4 is 31.8 Å². The molecule has 0 aliphatic heterocycles. The number of halogens is 1. The van der Waals surface area contributed by atoms with Gasteiger partial charge in [0.2, 0.25) is 10.0 Å². The van der Waals surface area contributed by atoms with E-state index < -0.39 is 10.0 Å². The van der Waals surface area contributed by atoms with Crippen LogP contribution in [0, 0.1) is 0 Å². The molecule has 0 radical (unpaired) electrons. The van der Waals surface area contributed by atoms with Crippen LogP contribution in [0.1, 0.15) is 39.5 Å². The zero-order valence-corrected chi connectivity index (χ0v) is 14.5. The molecular weight excluding hydrogens is 342 g/mol. The average molecular weight is 364 g/mol. The van der Waals surface area contributed by atoms with Crippen LogP contribution in [0.15, 0.2) is 21.6 Å². The highest BCUT2D eigenvalue weighted by atomic mass is 79.9. The Morgan fingerprint density at radius 1 is 1.40 bits per heavy atom. The van der Waals surface area contributed by atoms with Crippen LogP contribution in [0.5, 0.6) is 0 Å². The number of nitrogens with zero attached hydrogens (tertiary/aromatic N) is 1. The van der Waals surface area contributed by atoms with E-state index in [1.54, 1.807) is 19.3 Å². The van der Waals surface area contributed by atoms with Crippen LogP contribution in [-0.4, -0.2) is 26.5 Å². The molecule has 1 aromatic rings. The lowest BCUT2D eigenvalue weighted by molar-refractivity contribution is 0.527. The van der Waals surface area contributed by atoms with Crippen LogP contribution < -0.4 is 10.0 Å². The fourth-order valence-electron chi connectivity index (χ4n) is 1.90. The number of nitrogens with one attached hydrogen (secondary N) is 2. The van der Waals surface area contributed by atoms with Crippen molar-refractivity contribution in [1.82, 2.24) is 9.71 Å². The summed E-state index contributed by atoms with van der Waals surface area (Å²) in [6, 6.07) is 1.47. The highest BCUT2D eigenvalue weighted by Gasteiger charge is 2.21. The second-order valence-corrected chi connectivity index (χ2v) is 7.37. The normalized spacial score (nSPS) is 13.2. The predicted molar refractivity (Wildman–Crippen MR) is 85.4 cm³/mol. The van der Waals surface area contributed by atoms with Gasteiger partial charge in [0.05, 0.1) is 0 Å². The molecule has 0 saturated heterocycles. The number of aromatic nitrogens is 1. The van der Waals surface area contributed by atoms with Gasteiger partial charge < -0.3 is 5.32 Å². The molecule has 1 heterocycles. The molecule has 1 aromatic heterocycles. The molecule has 2 N–H and O–H groups in total. The van der Waals surface area contributed by atoms with Crippen molar-refractivity contribution < 1.29 is 8.42 Å². The van der Waals surface area contributed by atoms with Gasteiger partial charge in [-0.25, -0.2) is 18.1 Å². The third kappa shape index (κ3) is 5.03. The summed E-state index contributed by atoms with van der Waals surface area (Å²) < 4.78 is 28.1. The SMILES string of the molecule is CCCCCC(C)NS(=O)(=O)c1cc(Br)cnc1NC. The summed E-state index contributed by atoms with van der Waals surface area (Å²) in [5.41, 5.74) is 0. The number of sulfonamides is 1. The first kappa shape index (κ1) is 17.4. The van der Waals surface area contributed by atoms with Crippen molar-refractivity contribution in [2.45, 2.75) is 50.5 Å². The summed E-state index contributed by atoms with van der Waals surface area (Å²) in [5, 5.41) is 2.80. The fraction of sp³-hybridized carbons (Fsp3) is 0.615. The minimum Gasteiger partial charge on any atom is -0.372 e. The van der Waals surface area contributed by atoms with Crippen molar-refractivity contribution in [3.05, 3.63) is 16.7 Å². The molecule has 1 unspecified atom stereocenters. The van der Waals surface area contributed by atoms with Crippen LogP contribution in [0.3, 0.4) is 0 Å². The standard InChI is InChI=1S/C13H22BrN3O2S/c1-4-5-6-7-10(2)17-20(18,19)12-8-11(14)9-16-13(12)15-3/h8-10,17H,4-7H2,1-3H3,(H,15,16). The van der Waals surface area contributed by atoms with E-state index >= 15 is 0 Å². The van der Waals surface area contributed by atoms with E-state index in [2.05, 4.69) is 37.9 Å². The molecule has 1 atom stereocenters. The Morgan fingerprint density at radius 3 is 2.70 bits per heavy atom. The summed E-state index contributed by atoms with van der Waals surface area (Å²) in [4.78, 5) is 4.23. The third-order valence-corrected chi connectivity index (χ3v) is 4.98. The predicted octanol–water partition coefficient (Wildman–Crippen LogP) is 3.13. The molecule has 0 aromatic carbocycles. The molecule has 114 valence electrons. The third-order valence-electron chi connectivity index (χ3n) is 2.94. The van der Waals surface area contributed by atoms with E-state index in [4.69, 9.17) is 0 Å². The fourth-order valence-corrected chi connectivity index (χ4v) is 3.85. The summed E-state index contributed by atoms with van der Waals surface area (Å²) in [6.07, 6.45) is 5.67. The Bertz CT molecular complexity index is 534. The molecule has 0 amide bonds. The molecule has 0 saturated carbocycles. The molecule has 0 aliphatic carbocycles. The van der Waals surface area contributed by atoms with Crippen LogP contribution >= 0.6 is 15.9 Å². The van der Waals surface area contributed by atoms with E-state index in [0.29, 0.717) is 10.3 Å². The van der Waals surface area contributed by atoms with Crippen LogP contribution in [-0.2, 0) is 10.0 Å². The van der Waals surface area contributed by atoms with Gasteiger partial charge in [0.15, 0.2) is 0 Å². The van der Waals surface area contributed by atoms with E-state index in [-0.39, 0.29) is 10.9 Å². The zero-order chi connectivity index (χ0) is 15.2. The molecule has 1 rings (SSSR count). The smallest absolute Gasteiger partial charge is 0.244 e. The number of anilines is 1. The molecule has 0 aliphatic rings. The molecule has 5 nitrogen and oxygen atoms in total. The van der Waals surface area contributed by atoms with Crippen molar-refractivity contribution in [3.63, 3.8) is 0 Å². The second kappa shape index (κ2) is 7.95. The number of hydrogen-bond acceptors (Lipinski definition) is 4. The average Bonchev–Trinajstić information content (AvgIpc) is 2.38. The molecule has 20 heavy (non-hydrogen) atoms. The van der Waals surface area contributed by atoms with E-state index in [1.807, 2.05) is 6.92 Å². The summed E-state index contributed by atoms with van der Waals surface area (Å²) in [5.74, 6) is 0.349. The quantitative estimate of drug-likeness (QED) is 0.696. The monoisotopic (exact) mass is 363 g/mol. The molecule has 0 bridgehead atoms. The van der Waals surface area contributed by atoms with Gasteiger partial charge in [-0.1, -0.05) is 26.2 Å².